The molecule has 1 aromatic heterocycles. The van der Waals surface area contributed by atoms with E-state index in [0.29, 0.717) is 12.0 Å². The van der Waals surface area contributed by atoms with E-state index in [1.54, 1.807) is 0 Å². The Kier molecular flexibility index (Phi) is 2.63. The summed E-state index contributed by atoms with van der Waals surface area (Å²) < 4.78 is 2.33. The summed E-state index contributed by atoms with van der Waals surface area (Å²) in [4.78, 5) is 4.50. The third-order valence-electron chi connectivity index (χ3n) is 3.69. The highest BCUT2D eigenvalue weighted by atomic mass is 15.1. The average molecular weight is 229 g/mol. The van der Waals surface area contributed by atoms with Gasteiger partial charge in [0.1, 0.15) is 0 Å². The number of nitrogens with one attached hydrogen (secondary N) is 1. The Morgan fingerprint density at radius 2 is 2.29 bits per heavy atom. The Morgan fingerprint density at radius 3 is 3.00 bits per heavy atom. The topological polar surface area (TPSA) is 29.9 Å². The average Bonchev–Trinajstić information content (AvgIpc) is 2.96. The molecule has 2 aromatic rings. The predicted octanol–water partition coefficient (Wildman–Crippen LogP) is 2.69. The molecule has 0 aliphatic carbocycles. The number of aromatic nitrogens is 2. The van der Waals surface area contributed by atoms with Gasteiger partial charge >= 0.3 is 0 Å². The molecule has 1 fully saturated rings. The number of rotatable bonds is 2. The summed E-state index contributed by atoms with van der Waals surface area (Å²) in [7, 11) is 0. The first kappa shape index (κ1) is 10.8. The Hall–Kier alpha value is -1.35. The van der Waals surface area contributed by atoms with Crippen LogP contribution in [-0.2, 0) is 0 Å². The molecular weight excluding hydrogens is 210 g/mol. The molecule has 1 atom stereocenters. The minimum atomic E-state index is 0.572. The summed E-state index contributed by atoms with van der Waals surface area (Å²) in [6.45, 7) is 6.66. The largest absolute Gasteiger partial charge is 0.326 e. The summed E-state index contributed by atoms with van der Waals surface area (Å²) in [6, 6.07) is 7.20. The van der Waals surface area contributed by atoms with Crippen LogP contribution in [0.1, 0.15) is 37.8 Å². The maximum absolute atomic E-state index is 4.50. The van der Waals surface area contributed by atoms with Gasteiger partial charge in [0.15, 0.2) is 0 Å². The fourth-order valence-corrected chi connectivity index (χ4v) is 2.57. The van der Waals surface area contributed by atoms with Gasteiger partial charge in [0.2, 0.25) is 0 Å². The van der Waals surface area contributed by atoms with Crippen molar-refractivity contribution in [1.82, 2.24) is 14.9 Å². The summed E-state index contributed by atoms with van der Waals surface area (Å²) in [5.41, 5.74) is 3.79. The first-order valence-electron chi connectivity index (χ1n) is 6.43. The number of imidazole rings is 1. The maximum atomic E-state index is 4.50. The summed E-state index contributed by atoms with van der Waals surface area (Å²) in [5, 5.41) is 3.41. The van der Waals surface area contributed by atoms with Crippen LogP contribution < -0.4 is 5.32 Å². The molecule has 1 N–H and O–H groups in total. The second-order valence-electron chi connectivity index (χ2n) is 5.20. The molecule has 1 aliphatic heterocycles. The number of hydrogen-bond acceptors (Lipinski definition) is 2. The SMILES string of the molecule is CC(C)c1ccc2ncn(C3CCNC3)c2c1. The molecule has 2 heterocycles. The Bertz CT molecular complexity index is 521. The van der Waals surface area contributed by atoms with Crippen molar-refractivity contribution in [2.24, 2.45) is 0 Å². The normalized spacial score (nSPS) is 20.5. The second-order valence-corrected chi connectivity index (χ2v) is 5.20. The Labute approximate surface area is 102 Å². The van der Waals surface area contributed by atoms with Gasteiger partial charge in [-0.2, -0.15) is 0 Å². The van der Waals surface area contributed by atoms with Crippen molar-refractivity contribution in [2.45, 2.75) is 32.2 Å². The smallest absolute Gasteiger partial charge is 0.0961 e. The zero-order valence-corrected chi connectivity index (χ0v) is 10.5. The van der Waals surface area contributed by atoms with E-state index in [4.69, 9.17) is 0 Å². The first-order valence-corrected chi connectivity index (χ1v) is 6.43. The lowest BCUT2D eigenvalue weighted by molar-refractivity contribution is 0.561. The van der Waals surface area contributed by atoms with Crippen LogP contribution in [0.25, 0.3) is 11.0 Å². The van der Waals surface area contributed by atoms with Crippen molar-refractivity contribution in [2.75, 3.05) is 13.1 Å². The van der Waals surface area contributed by atoms with E-state index < -0.39 is 0 Å². The summed E-state index contributed by atoms with van der Waals surface area (Å²) in [5.74, 6) is 0.574. The number of fused-ring (bicyclic) bond motifs is 1. The number of nitrogens with zero attached hydrogens (tertiary/aromatic N) is 2. The maximum Gasteiger partial charge on any atom is 0.0961 e. The van der Waals surface area contributed by atoms with E-state index in [0.717, 1.165) is 18.6 Å². The van der Waals surface area contributed by atoms with Gasteiger partial charge in [-0.3, -0.25) is 0 Å². The molecule has 3 nitrogen and oxygen atoms in total. The molecule has 0 saturated carbocycles. The molecular formula is C14H19N3. The van der Waals surface area contributed by atoms with Gasteiger partial charge in [0, 0.05) is 12.6 Å². The van der Waals surface area contributed by atoms with Gasteiger partial charge < -0.3 is 9.88 Å². The molecule has 17 heavy (non-hydrogen) atoms. The molecule has 90 valence electrons. The molecule has 1 aromatic carbocycles. The zero-order chi connectivity index (χ0) is 11.8. The van der Waals surface area contributed by atoms with Gasteiger partial charge in [0.25, 0.3) is 0 Å². The highest BCUT2D eigenvalue weighted by Crippen LogP contribution is 2.25. The van der Waals surface area contributed by atoms with Crippen molar-refractivity contribution in [1.29, 1.82) is 0 Å². The van der Waals surface area contributed by atoms with Gasteiger partial charge in [0.05, 0.1) is 17.4 Å². The van der Waals surface area contributed by atoms with Gasteiger partial charge in [-0.25, -0.2) is 4.98 Å². The van der Waals surface area contributed by atoms with Crippen molar-refractivity contribution in [3.63, 3.8) is 0 Å². The number of hydrogen-bond donors (Lipinski definition) is 1. The summed E-state index contributed by atoms with van der Waals surface area (Å²) >= 11 is 0. The van der Waals surface area contributed by atoms with Gasteiger partial charge in [-0.05, 0) is 36.6 Å². The van der Waals surface area contributed by atoms with E-state index in [-0.39, 0.29) is 0 Å². The fraction of sp³-hybridized carbons (Fsp3) is 0.500. The van der Waals surface area contributed by atoms with Crippen LogP contribution >= 0.6 is 0 Å². The predicted molar refractivity (Wildman–Crippen MR) is 70.3 cm³/mol. The molecule has 0 bridgehead atoms. The highest BCUT2D eigenvalue weighted by Gasteiger charge is 2.18. The quantitative estimate of drug-likeness (QED) is 0.858. The number of benzene rings is 1. The molecule has 0 amide bonds. The van der Waals surface area contributed by atoms with Crippen LogP contribution in [-0.4, -0.2) is 22.6 Å². The lowest BCUT2D eigenvalue weighted by Gasteiger charge is -2.12. The molecule has 0 radical (unpaired) electrons. The second kappa shape index (κ2) is 4.15. The van der Waals surface area contributed by atoms with Crippen LogP contribution in [0, 0.1) is 0 Å². The van der Waals surface area contributed by atoms with Crippen LogP contribution in [0.2, 0.25) is 0 Å². The molecule has 1 unspecified atom stereocenters. The monoisotopic (exact) mass is 229 g/mol. The molecule has 3 heteroatoms. The third kappa shape index (κ3) is 1.84. The van der Waals surface area contributed by atoms with Gasteiger partial charge in [-0.15, -0.1) is 0 Å². The fourth-order valence-electron chi connectivity index (χ4n) is 2.57. The lowest BCUT2D eigenvalue weighted by Crippen LogP contribution is -2.12. The van der Waals surface area contributed by atoms with Crippen molar-refractivity contribution in [3.8, 4) is 0 Å². The van der Waals surface area contributed by atoms with Crippen molar-refractivity contribution in [3.05, 3.63) is 30.1 Å². The standard InChI is InChI=1S/C14H19N3/c1-10(2)11-3-4-13-14(7-11)17(9-16-13)12-5-6-15-8-12/h3-4,7,9-10,12,15H,5-6,8H2,1-2H3. The Balaban J connectivity index is 2.08. The first-order chi connectivity index (χ1) is 8.25. The van der Waals surface area contributed by atoms with E-state index >= 15 is 0 Å². The van der Waals surface area contributed by atoms with E-state index in [1.165, 1.54) is 17.5 Å². The molecule has 1 saturated heterocycles. The third-order valence-corrected chi connectivity index (χ3v) is 3.69. The highest BCUT2D eigenvalue weighted by molar-refractivity contribution is 5.76. The van der Waals surface area contributed by atoms with E-state index in [2.05, 4.69) is 46.9 Å². The van der Waals surface area contributed by atoms with Crippen LogP contribution in [0.5, 0.6) is 0 Å². The lowest BCUT2D eigenvalue weighted by atomic mass is 10.0. The van der Waals surface area contributed by atoms with Crippen LogP contribution in [0.3, 0.4) is 0 Å². The van der Waals surface area contributed by atoms with Crippen LogP contribution in [0.4, 0.5) is 0 Å². The Morgan fingerprint density at radius 1 is 1.41 bits per heavy atom. The summed E-state index contributed by atoms with van der Waals surface area (Å²) in [6.07, 6.45) is 3.20. The van der Waals surface area contributed by atoms with Crippen molar-refractivity contribution < 1.29 is 0 Å². The van der Waals surface area contributed by atoms with Gasteiger partial charge in [-0.1, -0.05) is 19.9 Å². The molecule has 0 spiro atoms. The van der Waals surface area contributed by atoms with Crippen molar-refractivity contribution >= 4 is 11.0 Å². The minimum absolute atomic E-state index is 0.572. The molecule has 3 rings (SSSR count). The van der Waals surface area contributed by atoms with Crippen LogP contribution in [0.15, 0.2) is 24.5 Å². The zero-order valence-electron chi connectivity index (χ0n) is 10.5. The van der Waals surface area contributed by atoms with E-state index in [1.807, 2.05) is 6.33 Å². The minimum Gasteiger partial charge on any atom is -0.326 e. The van der Waals surface area contributed by atoms with E-state index in [9.17, 15) is 0 Å². The molecule has 1 aliphatic rings.